The Morgan fingerprint density at radius 1 is 1.53 bits per heavy atom. The lowest BCUT2D eigenvalue weighted by atomic mass is 9.89. The van der Waals surface area contributed by atoms with Gasteiger partial charge in [0.05, 0.1) is 12.7 Å². The van der Waals surface area contributed by atoms with Crippen molar-refractivity contribution in [2.24, 2.45) is 5.41 Å². The highest BCUT2D eigenvalue weighted by Crippen LogP contribution is 2.23. The summed E-state index contributed by atoms with van der Waals surface area (Å²) in [5.41, 5.74) is 0.119. The molecule has 1 aliphatic heterocycles. The molecular weight excluding hydrogens is 216 g/mol. The van der Waals surface area contributed by atoms with Crippen molar-refractivity contribution in [3.63, 3.8) is 0 Å². The molecule has 100 valence electrons. The minimum absolute atomic E-state index is 0.0400. The average Bonchev–Trinajstić information content (AvgIpc) is 2.59. The molecule has 17 heavy (non-hydrogen) atoms. The Balaban J connectivity index is 2.44. The Labute approximate surface area is 105 Å². The zero-order valence-corrected chi connectivity index (χ0v) is 11.6. The summed E-state index contributed by atoms with van der Waals surface area (Å²) in [6, 6.07) is 0.0400. The van der Waals surface area contributed by atoms with Gasteiger partial charge in [0.2, 0.25) is 5.91 Å². The van der Waals surface area contributed by atoms with Gasteiger partial charge in [-0.15, -0.1) is 0 Å². The van der Waals surface area contributed by atoms with Crippen molar-refractivity contribution in [1.82, 2.24) is 10.2 Å². The van der Waals surface area contributed by atoms with E-state index in [9.17, 15) is 4.79 Å². The molecule has 0 spiro atoms. The number of carbonyl (C=O) groups is 1. The fourth-order valence-electron chi connectivity index (χ4n) is 2.23. The van der Waals surface area contributed by atoms with Crippen LogP contribution in [-0.4, -0.2) is 43.8 Å². The highest BCUT2D eigenvalue weighted by molar-refractivity contribution is 5.83. The van der Waals surface area contributed by atoms with Gasteiger partial charge in [-0.3, -0.25) is 10.1 Å². The molecular formula is C13H26N2O2. The van der Waals surface area contributed by atoms with Crippen LogP contribution in [0, 0.1) is 5.41 Å². The van der Waals surface area contributed by atoms with Gasteiger partial charge in [0, 0.05) is 20.3 Å². The van der Waals surface area contributed by atoms with Crippen molar-refractivity contribution in [2.45, 2.75) is 46.1 Å². The maximum Gasteiger partial charge on any atom is 0.240 e. The Bertz CT molecular complexity index is 254. The van der Waals surface area contributed by atoms with E-state index in [1.165, 1.54) is 0 Å². The van der Waals surface area contributed by atoms with Crippen molar-refractivity contribution in [3.05, 3.63) is 0 Å². The summed E-state index contributed by atoms with van der Waals surface area (Å²) in [4.78, 5) is 14.0. The predicted molar refractivity (Wildman–Crippen MR) is 68.7 cm³/mol. The van der Waals surface area contributed by atoms with E-state index in [2.05, 4.69) is 26.1 Å². The zero-order valence-electron chi connectivity index (χ0n) is 11.6. The van der Waals surface area contributed by atoms with Gasteiger partial charge >= 0.3 is 0 Å². The van der Waals surface area contributed by atoms with Gasteiger partial charge in [-0.1, -0.05) is 27.2 Å². The monoisotopic (exact) mass is 242 g/mol. The third-order valence-electron chi connectivity index (χ3n) is 3.32. The van der Waals surface area contributed by atoms with Gasteiger partial charge in [-0.05, 0) is 18.3 Å². The molecule has 0 aromatic rings. The maximum atomic E-state index is 12.1. The fraction of sp³-hybridized carbons (Fsp3) is 0.923. The highest BCUT2D eigenvalue weighted by Gasteiger charge is 2.33. The van der Waals surface area contributed by atoms with Crippen LogP contribution in [0.4, 0.5) is 0 Å². The minimum Gasteiger partial charge on any atom is -0.385 e. The van der Waals surface area contributed by atoms with E-state index >= 15 is 0 Å². The standard InChI is InChI=1S/C13H26N2O2/c1-5-6-11-12(16)15(10-14-11)9-13(2,3)7-8-17-4/h11,14H,5-10H2,1-4H3. The van der Waals surface area contributed by atoms with Crippen molar-refractivity contribution >= 4 is 5.91 Å². The van der Waals surface area contributed by atoms with Gasteiger partial charge in [0.15, 0.2) is 0 Å². The topological polar surface area (TPSA) is 41.6 Å². The number of nitrogens with zero attached hydrogens (tertiary/aromatic N) is 1. The third-order valence-corrected chi connectivity index (χ3v) is 3.32. The lowest BCUT2D eigenvalue weighted by Crippen LogP contribution is -2.37. The van der Waals surface area contributed by atoms with Crippen molar-refractivity contribution < 1.29 is 9.53 Å². The van der Waals surface area contributed by atoms with Gasteiger partial charge in [-0.25, -0.2) is 0 Å². The predicted octanol–water partition coefficient (Wildman–Crippen LogP) is 1.61. The van der Waals surface area contributed by atoms with E-state index < -0.39 is 0 Å². The van der Waals surface area contributed by atoms with Crippen LogP contribution in [0.3, 0.4) is 0 Å². The summed E-state index contributed by atoms with van der Waals surface area (Å²) < 4.78 is 5.11. The second-order valence-corrected chi connectivity index (χ2v) is 5.65. The van der Waals surface area contributed by atoms with Crippen LogP contribution in [0.1, 0.15) is 40.0 Å². The van der Waals surface area contributed by atoms with Crippen LogP contribution in [0.2, 0.25) is 0 Å². The quantitative estimate of drug-likeness (QED) is 0.737. The molecule has 1 fully saturated rings. The summed E-state index contributed by atoms with van der Waals surface area (Å²) in [7, 11) is 1.72. The molecule has 4 heteroatoms. The SMILES string of the molecule is CCCC1NCN(CC(C)(C)CCOC)C1=O. The summed E-state index contributed by atoms with van der Waals surface area (Å²) in [5.74, 6) is 0.261. The second kappa shape index (κ2) is 6.36. The van der Waals surface area contributed by atoms with Crippen LogP contribution >= 0.6 is 0 Å². The molecule has 0 aliphatic carbocycles. The number of hydrogen-bond donors (Lipinski definition) is 1. The molecule has 4 nitrogen and oxygen atoms in total. The Hall–Kier alpha value is -0.610. The maximum absolute atomic E-state index is 12.1. The van der Waals surface area contributed by atoms with Crippen LogP contribution < -0.4 is 5.32 Å². The number of methoxy groups -OCH3 is 1. The van der Waals surface area contributed by atoms with Gasteiger partial charge in [-0.2, -0.15) is 0 Å². The Kier molecular flexibility index (Phi) is 5.40. The number of nitrogens with one attached hydrogen (secondary N) is 1. The van der Waals surface area contributed by atoms with Gasteiger partial charge in [0.1, 0.15) is 0 Å². The first kappa shape index (κ1) is 14.5. The van der Waals surface area contributed by atoms with E-state index in [-0.39, 0.29) is 17.4 Å². The Morgan fingerprint density at radius 2 is 2.24 bits per heavy atom. The number of amides is 1. The van der Waals surface area contributed by atoms with Gasteiger partial charge < -0.3 is 9.64 Å². The molecule has 0 bridgehead atoms. The highest BCUT2D eigenvalue weighted by atomic mass is 16.5. The molecule has 1 aliphatic rings. The van der Waals surface area contributed by atoms with E-state index in [0.29, 0.717) is 6.67 Å². The fourth-order valence-corrected chi connectivity index (χ4v) is 2.23. The molecule has 1 unspecified atom stereocenters. The van der Waals surface area contributed by atoms with E-state index in [1.807, 2.05) is 4.90 Å². The van der Waals surface area contributed by atoms with Crippen molar-refractivity contribution in [2.75, 3.05) is 26.9 Å². The molecule has 1 saturated heterocycles. The molecule has 1 atom stereocenters. The lowest BCUT2D eigenvalue weighted by molar-refractivity contribution is -0.130. The first-order chi connectivity index (χ1) is 8.00. The number of hydrogen-bond acceptors (Lipinski definition) is 3. The largest absolute Gasteiger partial charge is 0.385 e. The second-order valence-electron chi connectivity index (χ2n) is 5.65. The molecule has 1 heterocycles. The Morgan fingerprint density at radius 3 is 2.82 bits per heavy atom. The normalized spacial score (nSPS) is 21.3. The third kappa shape index (κ3) is 4.28. The summed E-state index contributed by atoms with van der Waals surface area (Å²) in [5, 5.41) is 3.28. The molecule has 1 amide bonds. The number of carbonyl (C=O) groups excluding carboxylic acids is 1. The average molecular weight is 242 g/mol. The number of ether oxygens (including phenoxy) is 1. The smallest absolute Gasteiger partial charge is 0.240 e. The first-order valence-corrected chi connectivity index (χ1v) is 6.51. The molecule has 0 radical (unpaired) electrons. The number of rotatable bonds is 7. The van der Waals surface area contributed by atoms with Crippen molar-refractivity contribution in [1.29, 1.82) is 0 Å². The van der Waals surface area contributed by atoms with Crippen LogP contribution in [0.25, 0.3) is 0 Å². The summed E-state index contributed by atoms with van der Waals surface area (Å²) in [6.45, 7) is 8.74. The molecule has 0 saturated carbocycles. The lowest BCUT2D eigenvalue weighted by Gasteiger charge is -2.29. The zero-order chi connectivity index (χ0) is 12.9. The van der Waals surface area contributed by atoms with Gasteiger partial charge in [0.25, 0.3) is 0 Å². The molecule has 0 aromatic carbocycles. The minimum atomic E-state index is 0.0400. The first-order valence-electron chi connectivity index (χ1n) is 6.51. The molecule has 1 N–H and O–H groups in total. The molecule has 1 rings (SSSR count). The van der Waals surface area contributed by atoms with E-state index in [1.54, 1.807) is 7.11 Å². The molecule has 0 aromatic heterocycles. The van der Waals surface area contributed by atoms with Crippen LogP contribution in [0.5, 0.6) is 0 Å². The van der Waals surface area contributed by atoms with E-state index in [0.717, 1.165) is 32.4 Å². The van der Waals surface area contributed by atoms with Crippen molar-refractivity contribution in [3.8, 4) is 0 Å². The van der Waals surface area contributed by atoms with E-state index in [4.69, 9.17) is 4.74 Å². The summed E-state index contributed by atoms with van der Waals surface area (Å²) >= 11 is 0. The summed E-state index contributed by atoms with van der Waals surface area (Å²) in [6.07, 6.45) is 2.96. The van der Waals surface area contributed by atoms with Crippen LogP contribution in [-0.2, 0) is 9.53 Å². The van der Waals surface area contributed by atoms with Crippen LogP contribution in [0.15, 0.2) is 0 Å².